The number of ketones is 1. The molecule has 8 heteroatoms. The lowest BCUT2D eigenvalue weighted by Crippen LogP contribution is -2.29. The number of carbonyl (C=O) groups excluding carboxylic acids is 3. The smallest absolute Gasteiger partial charge is 0.337 e. The highest BCUT2D eigenvalue weighted by Crippen LogP contribution is 2.44. The molecule has 0 aliphatic carbocycles. The zero-order valence-electron chi connectivity index (χ0n) is 21.7. The Labute approximate surface area is 226 Å². The Morgan fingerprint density at radius 1 is 0.947 bits per heavy atom. The number of nitrogens with zero attached hydrogens (tertiary/aromatic N) is 1. The van der Waals surface area contributed by atoms with Gasteiger partial charge in [-0.3, -0.25) is 14.5 Å². The molecule has 1 N–H and O–H groups in total. The predicted octanol–water partition coefficient (Wildman–Crippen LogP) is 6.06. The van der Waals surface area contributed by atoms with Crippen LogP contribution in [-0.2, 0) is 19.7 Å². The summed E-state index contributed by atoms with van der Waals surface area (Å²) >= 11 is 6.19. The van der Waals surface area contributed by atoms with E-state index < -0.39 is 29.5 Å². The van der Waals surface area contributed by atoms with Crippen molar-refractivity contribution in [1.82, 2.24) is 0 Å². The number of hydrogen-bond acceptors (Lipinski definition) is 6. The van der Waals surface area contributed by atoms with Crippen LogP contribution in [0.15, 0.2) is 72.3 Å². The molecular weight excluding hydrogens is 506 g/mol. The van der Waals surface area contributed by atoms with E-state index in [0.29, 0.717) is 27.6 Å². The quantitative estimate of drug-likeness (QED) is 0.185. The topological polar surface area (TPSA) is 93.1 Å². The molecule has 1 heterocycles. The molecular formula is C30H28ClNO6. The van der Waals surface area contributed by atoms with E-state index in [4.69, 9.17) is 21.1 Å². The van der Waals surface area contributed by atoms with E-state index in [9.17, 15) is 19.5 Å². The Morgan fingerprint density at radius 3 is 2.13 bits per heavy atom. The summed E-state index contributed by atoms with van der Waals surface area (Å²) in [5.74, 6) is -2.31. The van der Waals surface area contributed by atoms with E-state index in [1.165, 1.54) is 37.3 Å². The average Bonchev–Trinajstić information content (AvgIpc) is 3.17. The number of aliphatic hydroxyl groups is 1. The minimum Gasteiger partial charge on any atom is -0.507 e. The lowest BCUT2D eigenvalue weighted by atomic mass is 9.85. The van der Waals surface area contributed by atoms with Crippen molar-refractivity contribution in [2.24, 2.45) is 0 Å². The van der Waals surface area contributed by atoms with E-state index >= 15 is 0 Å². The van der Waals surface area contributed by atoms with Crippen molar-refractivity contribution in [3.63, 3.8) is 0 Å². The van der Waals surface area contributed by atoms with Crippen molar-refractivity contribution < 1.29 is 29.0 Å². The maximum Gasteiger partial charge on any atom is 0.337 e. The third-order valence-electron chi connectivity index (χ3n) is 6.52. The fourth-order valence-corrected chi connectivity index (χ4v) is 4.64. The number of esters is 1. The average molecular weight is 534 g/mol. The van der Waals surface area contributed by atoms with Crippen molar-refractivity contribution in [3.05, 3.63) is 99.6 Å². The number of ether oxygens (including phenoxy) is 2. The second kappa shape index (κ2) is 10.3. The summed E-state index contributed by atoms with van der Waals surface area (Å²) < 4.78 is 10.1. The number of Topliss-reactive ketones (excluding diaryl/α,β-unsaturated/α-hetero) is 1. The summed E-state index contributed by atoms with van der Waals surface area (Å²) in [7, 11) is 2.71. The van der Waals surface area contributed by atoms with E-state index in [2.05, 4.69) is 20.8 Å². The molecule has 38 heavy (non-hydrogen) atoms. The van der Waals surface area contributed by atoms with Crippen LogP contribution in [0.1, 0.15) is 53.9 Å². The molecule has 1 saturated heterocycles. The number of aliphatic hydroxyl groups excluding tert-OH is 1. The normalized spacial score (nSPS) is 17.0. The predicted molar refractivity (Wildman–Crippen MR) is 146 cm³/mol. The van der Waals surface area contributed by atoms with E-state index in [1.54, 1.807) is 24.3 Å². The Balaban J connectivity index is 1.94. The molecule has 7 nitrogen and oxygen atoms in total. The number of anilines is 1. The molecule has 3 aromatic carbocycles. The van der Waals surface area contributed by atoms with Crippen LogP contribution in [0.4, 0.5) is 5.69 Å². The molecule has 0 radical (unpaired) electrons. The van der Waals surface area contributed by atoms with Gasteiger partial charge in [0.05, 0.1) is 37.0 Å². The maximum atomic E-state index is 13.5. The first-order valence-electron chi connectivity index (χ1n) is 11.9. The zero-order valence-corrected chi connectivity index (χ0v) is 22.5. The standard InChI is InChI=1S/C30H28ClNO6/c1-30(2,3)19-10-6-17(7-11-19)25-24(26(33)22-16-20(31)12-15-23(22)37-4)27(34)28(35)32(25)21-13-8-18(9-14-21)29(36)38-5/h6-16,25,33H,1-5H3/b26-24+. The Hall–Kier alpha value is -4.10. The minimum absolute atomic E-state index is 0.101. The summed E-state index contributed by atoms with van der Waals surface area (Å²) in [5, 5.41) is 11.8. The number of amides is 1. The van der Waals surface area contributed by atoms with Gasteiger partial charge in [0.15, 0.2) is 0 Å². The monoisotopic (exact) mass is 533 g/mol. The number of hydrogen-bond donors (Lipinski definition) is 1. The fourth-order valence-electron chi connectivity index (χ4n) is 4.47. The lowest BCUT2D eigenvalue weighted by Gasteiger charge is -2.27. The molecule has 1 atom stereocenters. The first-order chi connectivity index (χ1) is 18.0. The summed E-state index contributed by atoms with van der Waals surface area (Å²) in [6, 6.07) is 17.4. The second-order valence-corrected chi connectivity index (χ2v) is 10.4. The van der Waals surface area contributed by atoms with Gasteiger partial charge in [-0.05, 0) is 59.0 Å². The summed E-state index contributed by atoms with van der Waals surface area (Å²) in [6.45, 7) is 6.26. The van der Waals surface area contributed by atoms with Crippen molar-refractivity contribution in [2.45, 2.75) is 32.2 Å². The van der Waals surface area contributed by atoms with Gasteiger partial charge in [0.25, 0.3) is 11.7 Å². The van der Waals surface area contributed by atoms with Gasteiger partial charge in [0.2, 0.25) is 0 Å². The lowest BCUT2D eigenvalue weighted by molar-refractivity contribution is -0.132. The minimum atomic E-state index is -0.948. The van der Waals surface area contributed by atoms with Crippen LogP contribution in [0, 0.1) is 0 Å². The summed E-state index contributed by atoms with van der Waals surface area (Å²) in [6.07, 6.45) is 0. The van der Waals surface area contributed by atoms with Gasteiger partial charge in [-0.25, -0.2) is 4.79 Å². The van der Waals surface area contributed by atoms with Crippen LogP contribution in [0.5, 0.6) is 5.75 Å². The van der Waals surface area contributed by atoms with Gasteiger partial charge < -0.3 is 14.6 Å². The van der Waals surface area contributed by atoms with Crippen molar-refractivity contribution in [3.8, 4) is 5.75 Å². The van der Waals surface area contributed by atoms with Gasteiger partial charge >= 0.3 is 5.97 Å². The van der Waals surface area contributed by atoms with Gasteiger partial charge in [-0.1, -0.05) is 56.6 Å². The van der Waals surface area contributed by atoms with Crippen LogP contribution in [0.25, 0.3) is 5.76 Å². The third kappa shape index (κ3) is 4.89. The Kier molecular flexibility index (Phi) is 7.33. The van der Waals surface area contributed by atoms with Crippen molar-refractivity contribution in [1.29, 1.82) is 0 Å². The molecule has 1 amide bonds. The fraction of sp³-hybridized carbons (Fsp3) is 0.233. The molecule has 4 rings (SSSR count). The largest absolute Gasteiger partial charge is 0.507 e. The van der Waals surface area contributed by atoms with Crippen LogP contribution in [0.3, 0.4) is 0 Å². The van der Waals surface area contributed by atoms with Crippen LogP contribution >= 0.6 is 11.6 Å². The molecule has 1 unspecified atom stereocenters. The van der Waals surface area contributed by atoms with Crippen molar-refractivity contribution in [2.75, 3.05) is 19.1 Å². The second-order valence-electron chi connectivity index (χ2n) is 9.92. The molecule has 0 bridgehead atoms. The van der Waals surface area contributed by atoms with Crippen LogP contribution < -0.4 is 9.64 Å². The third-order valence-corrected chi connectivity index (χ3v) is 6.76. The number of methoxy groups -OCH3 is 2. The number of rotatable bonds is 5. The first-order valence-corrected chi connectivity index (χ1v) is 12.3. The van der Waals surface area contributed by atoms with Gasteiger partial charge in [0.1, 0.15) is 11.5 Å². The van der Waals surface area contributed by atoms with Gasteiger partial charge in [-0.2, -0.15) is 0 Å². The van der Waals surface area contributed by atoms with E-state index in [1.807, 2.05) is 24.3 Å². The zero-order chi connectivity index (χ0) is 27.8. The summed E-state index contributed by atoms with van der Waals surface area (Å²) in [5.41, 5.74) is 2.34. The molecule has 0 aromatic heterocycles. The molecule has 1 fully saturated rings. The highest BCUT2D eigenvalue weighted by molar-refractivity contribution is 6.51. The highest BCUT2D eigenvalue weighted by atomic mass is 35.5. The number of benzene rings is 3. The van der Waals surface area contributed by atoms with E-state index in [0.717, 1.165) is 5.56 Å². The summed E-state index contributed by atoms with van der Waals surface area (Å²) in [4.78, 5) is 40.1. The molecule has 3 aromatic rings. The molecule has 0 saturated carbocycles. The van der Waals surface area contributed by atoms with Crippen molar-refractivity contribution >= 4 is 40.7 Å². The molecule has 196 valence electrons. The molecule has 1 aliphatic rings. The maximum absolute atomic E-state index is 13.5. The van der Waals surface area contributed by atoms with Crippen LogP contribution in [0.2, 0.25) is 5.02 Å². The molecule has 1 aliphatic heterocycles. The van der Waals surface area contributed by atoms with Crippen LogP contribution in [-0.4, -0.2) is 37.0 Å². The highest BCUT2D eigenvalue weighted by Gasteiger charge is 2.47. The Bertz CT molecular complexity index is 1440. The van der Waals surface area contributed by atoms with E-state index in [-0.39, 0.29) is 16.6 Å². The first kappa shape index (κ1) is 26.9. The van der Waals surface area contributed by atoms with Gasteiger partial charge in [-0.15, -0.1) is 0 Å². The number of carbonyl (C=O) groups is 3. The van der Waals surface area contributed by atoms with Gasteiger partial charge in [0, 0.05) is 10.7 Å². The SMILES string of the molecule is COC(=O)c1ccc(N2C(=O)C(=O)/C(=C(/O)c3cc(Cl)ccc3OC)C2c2ccc(C(C)(C)C)cc2)cc1. The number of halogens is 1. The molecule has 0 spiro atoms. The Morgan fingerprint density at radius 2 is 1.58 bits per heavy atom.